The van der Waals surface area contributed by atoms with Gasteiger partial charge in [-0.05, 0) is 29.7 Å². The van der Waals surface area contributed by atoms with Crippen molar-refractivity contribution in [2.75, 3.05) is 5.32 Å². The normalized spacial score (nSPS) is 10.3. The number of nitrogens with zero attached hydrogens (tertiary/aromatic N) is 1. The molecule has 0 bridgehead atoms. The Morgan fingerprint density at radius 3 is 2.38 bits per heavy atom. The van der Waals surface area contributed by atoms with E-state index in [2.05, 4.69) is 15.6 Å². The third-order valence-electron chi connectivity index (χ3n) is 4.12. The van der Waals surface area contributed by atoms with E-state index in [1.54, 1.807) is 17.5 Å². The van der Waals surface area contributed by atoms with Crippen LogP contribution in [-0.4, -0.2) is 27.9 Å². The number of hydrogen-bond donors (Lipinski definition) is 3. The van der Waals surface area contributed by atoms with Gasteiger partial charge >= 0.3 is 5.97 Å². The maximum Gasteiger partial charge on any atom is 0.335 e. The number of carboxylic acids is 1. The van der Waals surface area contributed by atoms with Gasteiger partial charge in [0.2, 0.25) is 5.91 Å². The molecule has 0 aliphatic heterocycles. The predicted octanol–water partition coefficient (Wildman–Crippen LogP) is 3.34. The van der Waals surface area contributed by atoms with Crippen molar-refractivity contribution in [1.82, 2.24) is 10.3 Å². The van der Waals surface area contributed by atoms with Crippen LogP contribution in [0.2, 0.25) is 0 Å². The Morgan fingerprint density at radius 1 is 0.966 bits per heavy atom. The number of nitrogens with one attached hydrogen (secondary N) is 2. The number of carboxylic acid groups (broad SMARTS) is 1. The molecule has 0 saturated carbocycles. The van der Waals surface area contributed by atoms with Crippen molar-refractivity contribution in [3.63, 3.8) is 0 Å². The lowest BCUT2D eigenvalue weighted by Gasteiger charge is -2.04. The first kappa shape index (κ1) is 20.2. The first-order valence-corrected chi connectivity index (χ1v) is 9.79. The van der Waals surface area contributed by atoms with Crippen LogP contribution < -0.4 is 10.6 Å². The second-order valence-corrected chi connectivity index (χ2v) is 7.11. The van der Waals surface area contributed by atoms with Gasteiger partial charge in [-0.25, -0.2) is 9.78 Å². The SMILES string of the molecule is O=C(CCc1ccccc1)Nc1nc(C(=O)NCc2ccc(C(=O)O)cc2)cs1. The van der Waals surface area contributed by atoms with Crippen LogP contribution in [0, 0.1) is 0 Å². The summed E-state index contributed by atoms with van der Waals surface area (Å²) in [6, 6.07) is 16.0. The average Bonchev–Trinajstić information content (AvgIpc) is 3.20. The van der Waals surface area contributed by atoms with Gasteiger partial charge in [0.25, 0.3) is 5.91 Å². The molecule has 0 radical (unpaired) electrons. The second-order valence-electron chi connectivity index (χ2n) is 6.26. The maximum absolute atomic E-state index is 12.2. The summed E-state index contributed by atoms with van der Waals surface area (Å²) in [4.78, 5) is 39.3. The third kappa shape index (κ3) is 5.98. The highest BCUT2D eigenvalue weighted by molar-refractivity contribution is 7.14. The van der Waals surface area contributed by atoms with E-state index in [9.17, 15) is 14.4 Å². The molecule has 7 nitrogen and oxygen atoms in total. The zero-order chi connectivity index (χ0) is 20.6. The fourth-order valence-corrected chi connectivity index (χ4v) is 3.26. The van der Waals surface area contributed by atoms with Crippen molar-refractivity contribution in [3.05, 3.63) is 82.4 Å². The van der Waals surface area contributed by atoms with Gasteiger partial charge in [-0.15, -0.1) is 11.3 Å². The molecule has 3 N–H and O–H groups in total. The van der Waals surface area contributed by atoms with E-state index in [0.717, 1.165) is 11.1 Å². The van der Waals surface area contributed by atoms with E-state index < -0.39 is 5.97 Å². The number of carbonyl (C=O) groups excluding carboxylic acids is 2. The standard InChI is InChI=1S/C21H19N3O4S/c25-18(11-8-14-4-2-1-3-5-14)24-21-23-17(13-29-21)19(26)22-12-15-6-9-16(10-7-15)20(27)28/h1-7,9-10,13H,8,11-12H2,(H,22,26)(H,27,28)(H,23,24,25). The fourth-order valence-electron chi connectivity index (χ4n) is 2.56. The molecule has 0 atom stereocenters. The molecule has 0 aliphatic carbocycles. The summed E-state index contributed by atoms with van der Waals surface area (Å²) in [7, 11) is 0. The zero-order valence-electron chi connectivity index (χ0n) is 15.4. The molecule has 1 heterocycles. The summed E-state index contributed by atoms with van der Waals surface area (Å²) >= 11 is 1.19. The van der Waals surface area contributed by atoms with Crippen molar-refractivity contribution in [2.24, 2.45) is 0 Å². The van der Waals surface area contributed by atoms with Gasteiger partial charge in [-0.2, -0.15) is 0 Å². The van der Waals surface area contributed by atoms with Crippen LogP contribution in [0.1, 0.15) is 38.4 Å². The van der Waals surface area contributed by atoms with Crippen molar-refractivity contribution in [1.29, 1.82) is 0 Å². The van der Waals surface area contributed by atoms with Gasteiger partial charge < -0.3 is 15.7 Å². The third-order valence-corrected chi connectivity index (χ3v) is 4.88. The van der Waals surface area contributed by atoms with Gasteiger partial charge in [0, 0.05) is 18.3 Å². The second kappa shape index (κ2) is 9.61. The molecule has 148 valence electrons. The zero-order valence-corrected chi connectivity index (χ0v) is 16.2. The number of aromatic carboxylic acids is 1. The lowest BCUT2D eigenvalue weighted by Crippen LogP contribution is -2.23. The van der Waals surface area contributed by atoms with Crippen LogP contribution in [-0.2, 0) is 17.8 Å². The van der Waals surface area contributed by atoms with E-state index in [0.29, 0.717) is 18.0 Å². The summed E-state index contributed by atoms with van der Waals surface area (Å²) < 4.78 is 0. The fraction of sp³-hybridized carbons (Fsp3) is 0.143. The molecule has 2 amide bonds. The Labute approximate surface area is 171 Å². The first-order chi connectivity index (χ1) is 14.0. The van der Waals surface area contributed by atoms with Crippen molar-refractivity contribution >= 4 is 34.3 Å². The molecular formula is C21H19N3O4S. The molecule has 3 aromatic rings. The molecule has 29 heavy (non-hydrogen) atoms. The summed E-state index contributed by atoms with van der Waals surface area (Å²) in [6.07, 6.45) is 0.962. The average molecular weight is 409 g/mol. The summed E-state index contributed by atoms with van der Waals surface area (Å²) in [6.45, 7) is 0.245. The van der Waals surface area contributed by atoms with Crippen molar-refractivity contribution in [2.45, 2.75) is 19.4 Å². The molecule has 0 saturated heterocycles. The topological polar surface area (TPSA) is 108 Å². The van der Waals surface area contributed by atoms with Gasteiger partial charge in [0.1, 0.15) is 5.69 Å². The van der Waals surface area contributed by atoms with Crippen LogP contribution in [0.4, 0.5) is 5.13 Å². The van der Waals surface area contributed by atoms with Gasteiger partial charge in [-0.1, -0.05) is 42.5 Å². The Kier molecular flexibility index (Phi) is 6.70. The first-order valence-electron chi connectivity index (χ1n) is 8.91. The highest BCUT2D eigenvalue weighted by Gasteiger charge is 2.12. The molecular weight excluding hydrogens is 390 g/mol. The molecule has 0 spiro atoms. The minimum Gasteiger partial charge on any atom is -0.478 e. The number of anilines is 1. The maximum atomic E-state index is 12.2. The van der Waals surface area contributed by atoms with Crippen LogP contribution in [0.25, 0.3) is 0 Å². The molecule has 3 rings (SSSR count). The number of benzene rings is 2. The largest absolute Gasteiger partial charge is 0.478 e. The van der Waals surface area contributed by atoms with E-state index in [4.69, 9.17) is 5.11 Å². The number of rotatable bonds is 8. The highest BCUT2D eigenvalue weighted by atomic mass is 32.1. The molecule has 0 fully saturated rings. The van der Waals surface area contributed by atoms with Gasteiger partial charge in [0.15, 0.2) is 5.13 Å². The quantitative estimate of drug-likeness (QED) is 0.529. The van der Waals surface area contributed by atoms with Crippen molar-refractivity contribution < 1.29 is 19.5 Å². The van der Waals surface area contributed by atoms with E-state index in [-0.39, 0.29) is 29.6 Å². The Bertz CT molecular complexity index is 1000. The van der Waals surface area contributed by atoms with Gasteiger partial charge in [-0.3, -0.25) is 9.59 Å². The number of carbonyl (C=O) groups is 3. The van der Waals surface area contributed by atoms with E-state index >= 15 is 0 Å². The van der Waals surface area contributed by atoms with Crippen LogP contribution in [0.3, 0.4) is 0 Å². The molecule has 2 aromatic carbocycles. The monoisotopic (exact) mass is 409 g/mol. The predicted molar refractivity (Wildman–Crippen MR) is 110 cm³/mol. The smallest absolute Gasteiger partial charge is 0.335 e. The number of aryl methyl sites for hydroxylation is 1. The number of hydrogen-bond acceptors (Lipinski definition) is 5. The summed E-state index contributed by atoms with van der Waals surface area (Å²) in [5, 5.41) is 16.3. The highest BCUT2D eigenvalue weighted by Crippen LogP contribution is 2.16. The Morgan fingerprint density at radius 2 is 1.69 bits per heavy atom. The molecule has 8 heteroatoms. The van der Waals surface area contributed by atoms with E-state index in [1.165, 1.54) is 23.5 Å². The van der Waals surface area contributed by atoms with E-state index in [1.807, 2.05) is 30.3 Å². The number of aromatic nitrogens is 1. The number of thiazole rings is 1. The Balaban J connectivity index is 1.47. The minimum absolute atomic E-state index is 0.159. The van der Waals surface area contributed by atoms with Crippen LogP contribution >= 0.6 is 11.3 Å². The van der Waals surface area contributed by atoms with Crippen molar-refractivity contribution in [3.8, 4) is 0 Å². The van der Waals surface area contributed by atoms with Gasteiger partial charge in [0.05, 0.1) is 5.56 Å². The van der Waals surface area contributed by atoms with Crippen LogP contribution in [0.5, 0.6) is 0 Å². The molecule has 0 aliphatic rings. The molecule has 0 unspecified atom stereocenters. The molecule has 1 aromatic heterocycles. The lowest BCUT2D eigenvalue weighted by atomic mass is 10.1. The minimum atomic E-state index is -0.999. The lowest BCUT2D eigenvalue weighted by molar-refractivity contribution is -0.116. The van der Waals surface area contributed by atoms with Crippen LogP contribution in [0.15, 0.2) is 60.0 Å². The Hall–Kier alpha value is -3.52. The summed E-state index contributed by atoms with van der Waals surface area (Å²) in [5.74, 6) is -1.52. The summed E-state index contributed by atoms with van der Waals surface area (Å²) in [5.41, 5.74) is 2.26. The number of amides is 2.